The minimum absolute atomic E-state index is 0.173. The first-order chi connectivity index (χ1) is 10.3. The zero-order valence-corrected chi connectivity index (χ0v) is 13.9. The van der Waals surface area contributed by atoms with Crippen LogP contribution >= 0.6 is 0 Å². The lowest BCUT2D eigenvalue weighted by molar-refractivity contribution is 0.102. The van der Waals surface area contributed by atoms with Crippen LogP contribution in [0.15, 0.2) is 10.9 Å². The van der Waals surface area contributed by atoms with E-state index in [2.05, 4.69) is 10.4 Å². The van der Waals surface area contributed by atoms with E-state index in [-0.39, 0.29) is 11.1 Å². The van der Waals surface area contributed by atoms with Gasteiger partial charge in [0, 0.05) is 25.4 Å². The zero-order valence-electron chi connectivity index (χ0n) is 13.9. The number of anilines is 1. The van der Waals surface area contributed by atoms with Gasteiger partial charge in [0.25, 0.3) is 11.5 Å². The molecule has 6 heteroatoms. The summed E-state index contributed by atoms with van der Waals surface area (Å²) in [6, 6.07) is 1.84. The molecule has 0 unspecified atom stereocenters. The van der Waals surface area contributed by atoms with Crippen LogP contribution in [0.2, 0.25) is 0 Å². The lowest BCUT2D eigenvalue weighted by Gasteiger charge is -2.11. The standard InChI is InChI=1S/C16H22N4O2/c1-7-12-11(4)14(20(6)18-12)17-15(21)13-9(2)8-10(3)19(5)16(13)22/h8H,7H2,1-6H3,(H,17,21). The molecule has 118 valence electrons. The van der Waals surface area contributed by atoms with E-state index >= 15 is 0 Å². The quantitative estimate of drug-likeness (QED) is 0.941. The molecule has 0 aliphatic carbocycles. The molecule has 0 aliphatic rings. The van der Waals surface area contributed by atoms with Crippen LogP contribution in [0.25, 0.3) is 0 Å². The number of carbonyl (C=O) groups excluding carboxylic acids is 1. The van der Waals surface area contributed by atoms with Crippen molar-refractivity contribution in [3.63, 3.8) is 0 Å². The van der Waals surface area contributed by atoms with Crippen molar-refractivity contribution >= 4 is 11.7 Å². The molecule has 2 aromatic rings. The van der Waals surface area contributed by atoms with Crippen LogP contribution in [0.5, 0.6) is 0 Å². The van der Waals surface area contributed by atoms with Crippen LogP contribution < -0.4 is 10.9 Å². The van der Waals surface area contributed by atoms with Crippen molar-refractivity contribution in [1.29, 1.82) is 0 Å². The summed E-state index contributed by atoms with van der Waals surface area (Å²) in [4.78, 5) is 24.9. The highest BCUT2D eigenvalue weighted by Gasteiger charge is 2.19. The zero-order chi connectivity index (χ0) is 16.6. The third-order valence-corrected chi connectivity index (χ3v) is 4.04. The summed E-state index contributed by atoms with van der Waals surface area (Å²) in [6.07, 6.45) is 0.793. The van der Waals surface area contributed by atoms with Crippen LogP contribution in [-0.2, 0) is 20.5 Å². The molecule has 2 aromatic heterocycles. The molecule has 6 nitrogen and oxygen atoms in total. The van der Waals surface area contributed by atoms with Crippen LogP contribution in [0.4, 0.5) is 5.82 Å². The van der Waals surface area contributed by atoms with Gasteiger partial charge >= 0.3 is 0 Å². The number of hydrogen-bond donors (Lipinski definition) is 1. The monoisotopic (exact) mass is 302 g/mol. The summed E-state index contributed by atoms with van der Waals surface area (Å²) in [5.74, 6) is 0.232. The van der Waals surface area contributed by atoms with Gasteiger partial charge in [-0.3, -0.25) is 14.3 Å². The first-order valence-electron chi connectivity index (χ1n) is 7.29. The summed E-state index contributed by atoms with van der Waals surface area (Å²) in [6.45, 7) is 7.55. The normalized spacial score (nSPS) is 10.8. The highest BCUT2D eigenvalue weighted by Crippen LogP contribution is 2.19. The fourth-order valence-corrected chi connectivity index (χ4v) is 2.62. The van der Waals surface area contributed by atoms with Crippen molar-refractivity contribution < 1.29 is 4.79 Å². The Morgan fingerprint density at radius 2 is 1.91 bits per heavy atom. The lowest BCUT2D eigenvalue weighted by atomic mass is 10.1. The van der Waals surface area contributed by atoms with Crippen LogP contribution in [-0.4, -0.2) is 20.3 Å². The minimum atomic E-state index is -0.396. The molecule has 0 saturated carbocycles. The molecule has 0 radical (unpaired) electrons. The predicted molar refractivity (Wildman–Crippen MR) is 86.4 cm³/mol. The van der Waals surface area contributed by atoms with Crippen LogP contribution in [0, 0.1) is 20.8 Å². The van der Waals surface area contributed by atoms with Crippen molar-refractivity contribution in [3.8, 4) is 0 Å². The van der Waals surface area contributed by atoms with E-state index in [0.29, 0.717) is 11.4 Å². The van der Waals surface area contributed by atoms with Crippen LogP contribution in [0.1, 0.15) is 39.8 Å². The van der Waals surface area contributed by atoms with Crippen molar-refractivity contribution in [1.82, 2.24) is 14.3 Å². The van der Waals surface area contributed by atoms with E-state index in [1.165, 1.54) is 4.57 Å². The largest absolute Gasteiger partial charge is 0.315 e. The lowest BCUT2D eigenvalue weighted by Crippen LogP contribution is -2.30. The molecule has 0 fully saturated rings. The Kier molecular flexibility index (Phi) is 4.21. The summed E-state index contributed by atoms with van der Waals surface area (Å²) in [5, 5.41) is 7.20. The Morgan fingerprint density at radius 1 is 1.27 bits per heavy atom. The van der Waals surface area contributed by atoms with Gasteiger partial charge in [-0.1, -0.05) is 6.92 Å². The van der Waals surface area contributed by atoms with E-state index in [9.17, 15) is 9.59 Å². The van der Waals surface area contributed by atoms with E-state index in [1.807, 2.05) is 26.8 Å². The smallest absolute Gasteiger partial charge is 0.263 e. The Hall–Kier alpha value is -2.37. The molecule has 2 heterocycles. The molecule has 1 amide bonds. The van der Waals surface area contributed by atoms with Gasteiger partial charge in [-0.2, -0.15) is 5.10 Å². The van der Waals surface area contributed by atoms with E-state index in [0.717, 1.165) is 23.4 Å². The predicted octanol–water partition coefficient (Wildman–Crippen LogP) is 1.86. The van der Waals surface area contributed by atoms with Gasteiger partial charge in [0.05, 0.1) is 5.69 Å². The maximum absolute atomic E-state index is 12.6. The van der Waals surface area contributed by atoms with Gasteiger partial charge in [0.15, 0.2) is 0 Å². The Bertz CT molecular complexity index is 799. The van der Waals surface area contributed by atoms with Crippen molar-refractivity contribution in [2.75, 3.05) is 5.32 Å². The molecular formula is C16H22N4O2. The Balaban J connectivity index is 2.45. The average Bonchev–Trinajstić information content (AvgIpc) is 2.72. The van der Waals surface area contributed by atoms with Gasteiger partial charge in [-0.05, 0) is 38.8 Å². The number of carbonyl (C=O) groups is 1. The number of amides is 1. The van der Waals surface area contributed by atoms with E-state index in [4.69, 9.17) is 0 Å². The summed E-state index contributed by atoms with van der Waals surface area (Å²) < 4.78 is 3.12. The maximum atomic E-state index is 12.6. The number of aromatic nitrogens is 3. The molecule has 22 heavy (non-hydrogen) atoms. The fraction of sp³-hybridized carbons (Fsp3) is 0.438. The topological polar surface area (TPSA) is 68.9 Å². The Morgan fingerprint density at radius 3 is 2.45 bits per heavy atom. The summed E-state index contributed by atoms with van der Waals surface area (Å²) >= 11 is 0. The first-order valence-corrected chi connectivity index (χ1v) is 7.29. The second-order valence-electron chi connectivity index (χ2n) is 5.56. The second-order valence-corrected chi connectivity index (χ2v) is 5.56. The Labute approximate surface area is 129 Å². The van der Waals surface area contributed by atoms with Gasteiger partial charge in [0.1, 0.15) is 11.4 Å². The first kappa shape index (κ1) is 16.0. The molecule has 2 rings (SSSR count). The number of nitrogens with zero attached hydrogens (tertiary/aromatic N) is 3. The fourth-order valence-electron chi connectivity index (χ4n) is 2.62. The van der Waals surface area contributed by atoms with Gasteiger partial charge < -0.3 is 9.88 Å². The summed E-state index contributed by atoms with van der Waals surface area (Å²) in [7, 11) is 3.44. The highest BCUT2D eigenvalue weighted by atomic mass is 16.2. The van der Waals surface area contributed by atoms with E-state index < -0.39 is 5.91 Å². The third kappa shape index (κ3) is 2.56. The molecule has 0 bridgehead atoms. The number of hydrogen-bond acceptors (Lipinski definition) is 3. The van der Waals surface area contributed by atoms with Gasteiger partial charge in [0.2, 0.25) is 0 Å². The molecule has 0 aliphatic heterocycles. The van der Waals surface area contributed by atoms with Crippen molar-refractivity contribution in [2.45, 2.75) is 34.1 Å². The number of nitrogens with one attached hydrogen (secondary N) is 1. The molecular weight excluding hydrogens is 280 g/mol. The molecule has 1 N–H and O–H groups in total. The van der Waals surface area contributed by atoms with Crippen LogP contribution in [0.3, 0.4) is 0 Å². The molecule has 0 saturated heterocycles. The third-order valence-electron chi connectivity index (χ3n) is 4.04. The summed E-state index contributed by atoms with van der Waals surface area (Å²) in [5.41, 5.74) is 3.25. The maximum Gasteiger partial charge on any atom is 0.263 e. The van der Waals surface area contributed by atoms with Gasteiger partial charge in [-0.25, -0.2) is 0 Å². The molecule has 0 aromatic carbocycles. The van der Waals surface area contributed by atoms with Crippen molar-refractivity contribution in [2.24, 2.45) is 14.1 Å². The highest BCUT2D eigenvalue weighted by molar-refractivity contribution is 6.05. The number of aryl methyl sites for hydroxylation is 4. The van der Waals surface area contributed by atoms with Crippen molar-refractivity contribution in [3.05, 3.63) is 44.5 Å². The second kappa shape index (κ2) is 5.79. The van der Waals surface area contributed by atoms with Gasteiger partial charge in [-0.15, -0.1) is 0 Å². The number of rotatable bonds is 3. The minimum Gasteiger partial charge on any atom is -0.315 e. The SMILES string of the molecule is CCc1nn(C)c(NC(=O)c2c(C)cc(C)n(C)c2=O)c1C. The molecule has 0 spiro atoms. The average molecular weight is 302 g/mol. The number of pyridine rings is 1. The van der Waals surface area contributed by atoms with E-state index in [1.54, 1.807) is 25.7 Å². The molecule has 0 atom stereocenters.